The maximum Gasteiger partial charge on any atom is 0.250 e. The summed E-state index contributed by atoms with van der Waals surface area (Å²) < 4.78 is 6.46. The lowest BCUT2D eigenvalue weighted by Gasteiger charge is -2.48. The number of likely N-dealkylation sites (tertiary alicyclic amines) is 1. The van der Waals surface area contributed by atoms with E-state index in [0.717, 1.165) is 44.6 Å². The van der Waals surface area contributed by atoms with E-state index >= 15 is 0 Å². The SMILES string of the molecule is Cc1ccc(CNC(=O)C2CN(C)CC3(CCN(Cc4ccsc4)CC3)O2)cc1. The number of likely N-dealkylation sites (N-methyl/N-ethyl adjacent to an activating group) is 1. The van der Waals surface area contributed by atoms with Gasteiger partial charge in [0.05, 0.1) is 5.60 Å². The van der Waals surface area contributed by atoms with Crippen LogP contribution in [0.4, 0.5) is 0 Å². The molecule has 0 radical (unpaired) electrons. The third-order valence-electron chi connectivity index (χ3n) is 6.06. The Hall–Kier alpha value is -1.73. The topological polar surface area (TPSA) is 44.8 Å². The van der Waals surface area contributed by atoms with Crippen LogP contribution in [0.5, 0.6) is 0 Å². The van der Waals surface area contributed by atoms with Gasteiger partial charge in [0.25, 0.3) is 5.91 Å². The van der Waals surface area contributed by atoms with Crippen LogP contribution in [0.3, 0.4) is 0 Å². The number of carbonyl (C=O) groups excluding carboxylic acids is 1. The Bertz CT molecular complexity index is 798. The summed E-state index contributed by atoms with van der Waals surface area (Å²) in [5.41, 5.74) is 3.53. The van der Waals surface area contributed by atoms with Gasteiger partial charge in [-0.1, -0.05) is 29.8 Å². The molecule has 1 aromatic carbocycles. The van der Waals surface area contributed by atoms with Crippen LogP contribution in [0.25, 0.3) is 0 Å². The smallest absolute Gasteiger partial charge is 0.250 e. The second kappa shape index (κ2) is 8.96. The molecule has 6 heteroatoms. The van der Waals surface area contributed by atoms with Crippen molar-refractivity contribution in [3.05, 3.63) is 57.8 Å². The molecule has 2 fully saturated rings. The summed E-state index contributed by atoms with van der Waals surface area (Å²) in [5.74, 6) is -0.00259. The maximum atomic E-state index is 12.8. The van der Waals surface area contributed by atoms with Gasteiger partial charge in [0.15, 0.2) is 0 Å². The molecule has 29 heavy (non-hydrogen) atoms. The Morgan fingerprint density at radius 3 is 2.66 bits per heavy atom. The van der Waals surface area contributed by atoms with Crippen LogP contribution < -0.4 is 5.32 Å². The predicted octanol–water partition coefficient (Wildman–Crippen LogP) is 3.04. The number of aryl methyl sites for hydroxylation is 1. The molecule has 5 nitrogen and oxygen atoms in total. The molecule has 1 spiro atoms. The first kappa shape index (κ1) is 20.5. The van der Waals surface area contributed by atoms with E-state index in [0.29, 0.717) is 13.1 Å². The molecule has 4 rings (SSSR count). The number of nitrogens with one attached hydrogen (secondary N) is 1. The highest BCUT2D eigenvalue weighted by Crippen LogP contribution is 2.32. The Balaban J connectivity index is 1.31. The van der Waals surface area contributed by atoms with E-state index in [4.69, 9.17) is 4.74 Å². The molecule has 1 atom stereocenters. The summed E-state index contributed by atoms with van der Waals surface area (Å²) in [6.07, 6.45) is 1.55. The van der Waals surface area contributed by atoms with Crippen LogP contribution in [-0.4, -0.2) is 60.6 Å². The number of ether oxygens (including phenoxy) is 1. The van der Waals surface area contributed by atoms with Gasteiger partial charge >= 0.3 is 0 Å². The molecule has 1 amide bonds. The van der Waals surface area contributed by atoms with Gasteiger partial charge in [0, 0.05) is 39.3 Å². The Morgan fingerprint density at radius 2 is 1.97 bits per heavy atom. The molecule has 1 aromatic heterocycles. The molecule has 2 aromatic rings. The fraction of sp³-hybridized carbons (Fsp3) is 0.522. The first-order chi connectivity index (χ1) is 14.0. The number of hydrogen-bond donors (Lipinski definition) is 1. The quantitative estimate of drug-likeness (QED) is 0.818. The van der Waals surface area contributed by atoms with E-state index in [-0.39, 0.29) is 11.5 Å². The number of amides is 1. The molecular weight excluding hydrogens is 382 g/mol. The van der Waals surface area contributed by atoms with Crippen molar-refractivity contribution >= 4 is 17.2 Å². The highest BCUT2D eigenvalue weighted by atomic mass is 32.1. The highest BCUT2D eigenvalue weighted by Gasteiger charge is 2.43. The summed E-state index contributed by atoms with van der Waals surface area (Å²) in [4.78, 5) is 17.6. The van der Waals surface area contributed by atoms with Crippen molar-refractivity contribution in [1.29, 1.82) is 0 Å². The molecule has 1 unspecified atom stereocenters. The van der Waals surface area contributed by atoms with E-state index in [9.17, 15) is 4.79 Å². The average molecular weight is 414 g/mol. The van der Waals surface area contributed by atoms with E-state index in [1.54, 1.807) is 11.3 Å². The highest BCUT2D eigenvalue weighted by molar-refractivity contribution is 7.07. The van der Waals surface area contributed by atoms with Crippen molar-refractivity contribution in [2.24, 2.45) is 0 Å². The molecule has 0 aliphatic carbocycles. The van der Waals surface area contributed by atoms with E-state index < -0.39 is 6.10 Å². The van der Waals surface area contributed by atoms with Gasteiger partial charge in [-0.15, -0.1) is 0 Å². The van der Waals surface area contributed by atoms with Crippen molar-refractivity contribution in [3.63, 3.8) is 0 Å². The Labute approximate surface area is 177 Å². The summed E-state index contributed by atoms with van der Waals surface area (Å²) >= 11 is 1.75. The van der Waals surface area contributed by atoms with Gasteiger partial charge in [-0.05, 0) is 54.8 Å². The molecule has 2 saturated heterocycles. The zero-order chi connectivity index (χ0) is 20.3. The van der Waals surface area contributed by atoms with Gasteiger partial charge in [0.1, 0.15) is 6.10 Å². The second-order valence-corrected chi connectivity index (χ2v) is 9.38. The van der Waals surface area contributed by atoms with Crippen molar-refractivity contribution in [2.75, 3.05) is 33.2 Å². The lowest BCUT2D eigenvalue weighted by Crippen LogP contribution is -2.61. The molecule has 2 aliphatic heterocycles. The number of benzene rings is 1. The lowest BCUT2D eigenvalue weighted by atomic mass is 9.88. The number of hydrogen-bond acceptors (Lipinski definition) is 5. The third-order valence-corrected chi connectivity index (χ3v) is 6.79. The number of carbonyl (C=O) groups is 1. The van der Waals surface area contributed by atoms with Crippen LogP contribution in [0, 0.1) is 6.92 Å². The summed E-state index contributed by atoms with van der Waals surface area (Å²) in [6.45, 7) is 7.21. The number of morpholine rings is 1. The van der Waals surface area contributed by atoms with Crippen molar-refractivity contribution in [2.45, 2.75) is 44.6 Å². The summed E-state index contributed by atoms with van der Waals surface area (Å²) in [5, 5.41) is 7.43. The minimum atomic E-state index is -0.400. The van der Waals surface area contributed by atoms with E-state index in [1.807, 2.05) is 0 Å². The monoisotopic (exact) mass is 413 g/mol. The summed E-state index contributed by atoms with van der Waals surface area (Å²) in [6, 6.07) is 10.5. The van der Waals surface area contributed by atoms with Crippen molar-refractivity contribution < 1.29 is 9.53 Å². The predicted molar refractivity (Wildman–Crippen MR) is 117 cm³/mol. The molecular formula is C23H31N3O2S. The van der Waals surface area contributed by atoms with Crippen LogP contribution in [0.2, 0.25) is 0 Å². The molecule has 3 heterocycles. The fourth-order valence-corrected chi connectivity index (χ4v) is 5.06. The third kappa shape index (κ3) is 5.25. The number of nitrogens with zero attached hydrogens (tertiary/aromatic N) is 2. The molecule has 1 N–H and O–H groups in total. The maximum absolute atomic E-state index is 12.8. The summed E-state index contributed by atoms with van der Waals surface area (Å²) in [7, 11) is 2.10. The van der Waals surface area contributed by atoms with E-state index in [1.165, 1.54) is 11.1 Å². The Morgan fingerprint density at radius 1 is 1.21 bits per heavy atom. The standard InChI is InChI=1S/C23H31N3O2S/c1-18-3-5-19(6-4-18)13-24-22(27)21-15-25(2)17-23(28-21)8-10-26(11-9-23)14-20-7-12-29-16-20/h3-7,12,16,21H,8-11,13-15,17H2,1-2H3,(H,24,27). The van der Waals surface area contributed by atoms with Crippen LogP contribution in [-0.2, 0) is 22.6 Å². The average Bonchev–Trinajstić information content (AvgIpc) is 3.22. The van der Waals surface area contributed by atoms with Crippen LogP contribution in [0.15, 0.2) is 41.1 Å². The zero-order valence-electron chi connectivity index (χ0n) is 17.4. The number of thiophene rings is 1. The van der Waals surface area contributed by atoms with Crippen molar-refractivity contribution in [3.8, 4) is 0 Å². The minimum absolute atomic E-state index is 0.00259. The zero-order valence-corrected chi connectivity index (χ0v) is 18.2. The van der Waals surface area contributed by atoms with Gasteiger partial charge in [-0.25, -0.2) is 0 Å². The van der Waals surface area contributed by atoms with Gasteiger partial charge in [-0.2, -0.15) is 11.3 Å². The van der Waals surface area contributed by atoms with Gasteiger partial charge in [-0.3, -0.25) is 9.69 Å². The Kier molecular flexibility index (Phi) is 6.35. The molecule has 0 bridgehead atoms. The number of piperidine rings is 1. The fourth-order valence-electron chi connectivity index (χ4n) is 4.40. The van der Waals surface area contributed by atoms with Crippen molar-refractivity contribution in [1.82, 2.24) is 15.1 Å². The normalized spacial score (nSPS) is 22.6. The van der Waals surface area contributed by atoms with E-state index in [2.05, 4.69) is 70.2 Å². The first-order valence-corrected chi connectivity index (χ1v) is 11.4. The lowest BCUT2D eigenvalue weighted by molar-refractivity contribution is -0.182. The molecule has 0 saturated carbocycles. The van der Waals surface area contributed by atoms with Crippen LogP contribution in [0.1, 0.15) is 29.5 Å². The first-order valence-electron chi connectivity index (χ1n) is 10.4. The number of rotatable bonds is 5. The minimum Gasteiger partial charge on any atom is -0.359 e. The molecule has 2 aliphatic rings. The van der Waals surface area contributed by atoms with Crippen LogP contribution >= 0.6 is 11.3 Å². The molecule has 156 valence electrons. The second-order valence-electron chi connectivity index (χ2n) is 8.60. The largest absolute Gasteiger partial charge is 0.359 e. The van der Waals surface area contributed by atoms with Gasteiger partial charge < -0.3 is 15.0 Å². The van der Waals surface area contributed by atoms with Gasteiger partial charge in [0.2, 0.25) is 0 Å².